The number of nitrogens with one attached hydrogen (secondary N) is 1. The maximum atomic E-state index is 12.4. The van der Waals surface area contributed by atoms with E-state index in [0.29, 0.717) is 5.69 Å². The number of hydrogen-bond acceptors (Lipinski definition) is 3. The molecule has 0 bridgehead atoms. The van der Waals surface area contributed by atoms with Crippen LogP contribution in [-0.2, 0) is 10.0 Å². The molecule has 0 spiro atoms. The number of nitrogens with zero attached hydrogens (tertiary/aromatic N) is 1. The standard InChI is InChI=1S/C16H17BrN2O3S/c1-11-7-13(17)10-14(8-11)18-16(20)12-5-4-6-15(9-12)23(21,22)19(2)3/h4-10H,1-3H3,(H,18,20). The molecule has 7 heteroatoms. The molecule has 0 unspecified atom stereocenters. The van der Waals surface area contributed by atoms with Crippen molar-refractivity contribution in [2.24, 2.45) is 0 Å². The van der Waals surface area contributed by atoms with Crippen LogP contribution in [0.25, 0.3) is 0 Å². The van der Waals surface area contributed by atoms with Crippen molar-refractivity contribution in [3.63, 3.8) is 0 Å². The Morgan fingerprint density at radius 2 is 1.83 bits per heavy atom. The van der Waals surface area contributed by atoms with E-state index in [0.717, 1.165) is 14.3 Å². The fourth-order valence-corrected chi connectivity index (χ4v) is 3.58. The number of rotatable bonds is 4. The van der Waals surface area contributed by atoms with E-state index in [9.17, 15) is 13.2 Å². The quantitative estimate of drug-likeness (QED) is 0.861. The fraction of sp³-hybridized carbons (Fsp3) is 0.188. The highest BCUT2D eigenvalue weighted by atomic mass is 79.9. The first-order chi connectivity index (χ1) is 10.7. The van der Waals surface area contributed by atoms with Gasteiger partial charge in [-0.05, 0) is 48.9 Å². The summed E-state index contributed by atoms with van der Waals surface area (Å²) in [4.78, 5) is 12.4. The van der Waals surface area contributed by atoms with E-state index in [1.807, 2.05) is 19.1 Å². The van der Waals surface area contributed by atoms with Crippen LogP contribution < -0.4 is 5.32 Å². The molecule has 0 radical (unpaired) electrons. The van der Waals surface area contributed by atoms with Crippen molar-refractivity contribution in [3.05, 3.63) is 58.1 Å². The van der Waals surface area contributed by atoms with Crippen LogP contribution in [0.3, 0.4) is 0 Å². The van der Waals surface area contributed by atoms with Gasteiger partial charge < -0.3 is 5.32 Å². The molecule has 0 aliphatic rings. The normalized spacial score (nSPS) is 11.5. The summed E-state index contributed by atoms with van der Waals surface area (Å²) in [6.07, 6.45) is 0. The number of hydrogen-bond donors (Lipinski definition) is 1. The molecule has 0 aromatic heterocycles. The summed E-state index contributed by atoms with van der Waals surface area (Å²) in [7, 11) is -0.672. The highest BCUT2D eigenvalue weighted by Crippen LogP contribution is 2.20. The fourth-order valence-electron chi connectivity index (χ4n) is 2.02. The number of benzene rings is 2. The number of aryl methyl sites for hydroxylation is 1. The lowest BCUT2D eigenvalue weighted by molar-refractivity contribution is 0.102. The topological polar surface area (TPSA) is 66.5 Å². The molecule has 5 nitrogen and oxygen atoms in total. The van der Waals surface area contributed by atoms with Crippen molar-refractivity contribution in [2.75, 3.05) is 19.4 Å². The van der Waals surface area contributed by atoms with Crippen molar-refractivity contribution >= 4 is 37.5 Å². The minimum atomic E-state index is -3.57. The highest BCUT2D eigenvalue weighted by Gasteiger charge is 2.18. The minimum absolute atomic E-state index is 0.0839. The first kappa shape index (κ1) is 17.7. The van der Waals surface area contributed by atoms with Crippen molar-refractivity contribution in [2.45, 2.75) is 11.8 Å². The van der Waals surface area contributed by atoms with E-state index < -0.39 is 10.0 Å². The van der Waals surface area contributed by atoms with Crippen LogP contribution in [-0.4, -0.2) is 32.7 Å². The van der Waals surface area contributed by atoms with Gasteiger partial charge >= 0.3 is 0 Å². The van der Waals surface area contributed by atoms with E-state index in [4.69, 9.17) is 0 Å². The molecule has 0 fully saturated rings. The lowest BCUT2D eigenvalue weighted by Gasteiger charge is -2.12. The van der Waals surface area contributed by atoms with Crippen LogP contribution >= 0.6 is 15.9 Å². The molecule has 2 aromatic carbocycles. The third kappa shape index (κ3) is 4.19. The zero-order valence-corrected chi connectivity index (χ0v) is 15.4. The summed E-state index contributed by atoms with van der Waals surface area (Å²) < 4.78 is 26.3. The molecule has 0 saturated carbocycles. The van der Waals surface area contributed by atoms with Crippen LogP contribution in [0.15, 0.2) is 51.8 Å². The molecule has 1 amide bonds. The monoisotopic (exact) mass is 396 g/mol. The lowest BCUT2D eigenvalue weighted by Crippen LogP contribution is -2.22. The molecule has 0 aliphatic carbocycles. The zero-order valence-electron chi connectivity index (χ0n) is 13.0. The maximum absolute atomic E-state index is 12.4. The molecule has 1 N–H and O–H groups in total. The average Bonchev–Trinajstić information content (AvgIpc) is 2.46. The Morgan fingerprint density at radius 1 is 1.13 bits per heavy atom. The van der Waals surface area contributed by atoms with E-state index >= 15 is 0 Å². The second kappa shape index (κ2) is 6.82. The third-order valence-corrected chi connectivity index (χ3v) is 5.44. The number of carbonyl (C=O) groups is 1. The summed E-state index contributed by atoms with van der Waals surface area (Å²) in [6, 6.07) is 11.5. The summed E-state index contributed by atoms with van der Waals surface area (Å²) in [5, 5.41) is 2.77. The Balaban J connectivity index is 2.30. The molecule has 2 aromatic rings. The number of anilines is 1. The first-order valence-corrected chi connectivity index (χ1v) is 9.04. The van der Waals surface area contributed by atoms with Gasteiger partial charge in [0.15, 0.2) is 0 Å². The SMILES string of the molecule is Cc1cc(Br)cc(NC(=O)c2cccc(S(=O)(=O)N(C)C)c2)c1. The van der Waals surface area contributed by atoms with Gasteiger partial charge in [-0.2, -0.15) is 0 Å². The van der Waals surface area contributed by atoms with Crippen molar-refractivity contribution in [1.29, 1.82) is 0 Å². The van der Waals surface area contributed by atoms with Crippen molar-refractivity contribution in [1.82, 2.24) is 4.31 Å². The Bertz CT molecular complexity index is 828. The van der Waals surface area contributed by atoms with E-state index in [1.165, 1.54) is 26.2 Å². The van der Waals surface area contributed by atoms with Crippen LogP contribution in [0, 0.1) is 6.92 Å². The van der Waals surface area contributed by atoms with Gasteiger partial charge in [-0.15, -0.1) is 0 Å². The smallest absolute Gasteiger partial charge is 0.255 e. The summed E-state index contributed by atoms with van der Waals surface area (Å²) in [6.45, 7) is 1.92. The van der Waals surface area contributed by atoms with Gasteiger partial charge in [-0.1, -0.05) is 22.0 Å². The van der Waals surface area contributed by atoms with Crippen LogP contribution in [0.4, 0.5) is 5.69 Å². The largest absolute Gasteiger partial charge is 0.322 e. The molecule has 122 valence electrons. The van der Waals surface area contributed by atoms with Gasteiger partial charge in [0, 0.05) is 29.8 Å². The van der Waals surface area contributed by atoms with E-state index in [-0.39, 0.29) is 16.4 Å². The summed E-state index contributed by atoms with van der Waals surface area (Å²) in [5.74, 6) is -0.363. The summed E-state index contributed by atoms with van der Waals surface area (Å²) >= 11 is 3.38. The molecular formula is C16H17BrN2O3S. The lowest BCUT2D eigenvalue weighted by atomic mass is 10.2. The van der Waals surface area contributed by atoms with E-state index in [2.05, 4.69) is 21.2 Å². The van der Waals surface area contributed by atoms with E-state index in [1.54, 1.807) is 18.2 Å². The Kier molecular flexibility index (Phi) is 5.23. The van der Waals surface area contributed by atoms with Gasteiger partial charge in [-0.25, -0.2) is 12.7 Å². The molecule has 0 atom stereocenters. The first-order valence-electron chi connectivity index (χ1n) is 6.81. The molecule has 0 aliphatic heterocycles. The Labute approximate surface area is 144 Å². The van der Waals surface area contributed by atoms with Gasteiger partial charge in [-0.3, -0.25) is 4.79 Å². The second-order valence-corrected chi connectivity index (χ2v) is 8.35. The van der Waals surface area contributed by atoms with Gasteiger partial charge in [0.2, 0.25) is 10.0 Å². The van der Waals surface area contributed by atoms with Crippen LogP contribution in [0.1, 0.15) is 15.9 Å². The maximum Gasteiger partial charge on any atom is 0.255 e. The van der Waals surface area contributed by atoms with Crippen LogP contribution in [0.5, 0.6) is 0 Å². The predicted octanol–water partition coefficient (Wildman–Crippen LogP) is 3.26. The number of halogens is 1. The summed E-state index contributed by atoms with van der Waals surface area (Å²) in [5.41, 5.74) is 1.92. The van der Waals surface area contributed by atoms with Crippen molar-refractivity contribution in [3.8, 4) is 0 Å². The number of sulfonamides is 1. The number of amides is 1. The Hall–Kier alpha value is -1.70. The highest BCUT2D eigenvalue weighted by molar-refractivity contribution is 9.10. The zero-order chi connectivity index (χ0) is 17.2. The molecule has 23 heavy (non-hydrogen) atoms. The minimum Gasteiger partial charge on any atom is -0.322 e. The molecule has 0 heterocycles. The van der Waals surface area contributed by atoms with Gasteiger partial charge in [0.05, 0.1) is 4.90 Å². The van der Waals surface area contributed by atoms with Crippen molar-refractivity contribution < 1.29 is 13.2 Å². The molecule has 0 saturated heterocycles. The van der Waals surface area contributed by atoms with Crippen LogP contribution in [0.2, 0.25) is 0 Å². The van der Waals surface area contributed by atoms with Gasteiger partial charge in [0.25, 0.3) is 5.91 Å². The van der Waals surface area contributed by atoms with Gasteiger partial charge in [0.1, 0.15) is 0 Å². The molecular weight excluding hydrogens is 380 g/mol. The predicted molar refractivity (Wildman–Crippen MR) is 94.1 cm³/mol. The number of carbonyl (C=O) groups excluding carboxylic acids is 1. The second-order valence-electron chi connectivity index (χ2n) is 5.29. The Morgan fingerprint density at radius 3 is 2.43 bits per heavy atom. The average molecular weight is 397 g/mol. The third-order valence-electron chi connectivity index (χ3n) is 3.17. The molecule has 2 rings (SSSR count).